The first-order valence-electron chi connectivity index (χ1n) is 3.99. The van der Waals surface area contributed by atoms with Crippen LogP contribution < -0.4 is 0 Å². The maximum atomic E-state index is 11.3. The van der Waals surface area contributed by atoms with E-state index in [2.05, 4.69) is 0 Å². The van der Waals surface area contributed by atoms with E-state index in [0.717, 1.165) is 0 Å². The number of nitrogens with zero attached hydrogens (tertiary/aromatic N) is 1. The third-order valence-corrected chi connectivity index (χ3v) is 2.83. The van der Waals surface area contributed by atoms with E-state index < -0.39 is 15.4 Å². The first-order chi connectivity index (χ1) is 6.32. The van der Waals surface area contributed by atoms with Crippen LogP contribution in [0.1, 0.15) is 13.8 Å². The maximum absolute atomic E-state index is 11.3. The Bertz CT molecular complexity index is 191. The summed E-state index contributed by atoms with van der Waals surface area (Å²) >= 11 is 21.8. The second-order valence-electron chi connectivity index (χ2n) is 2.41. The highest BCUT2D eigenvalue weighted by molar-refractivity contribution is 6.70. The second kappa shape index (κ2) is 6.11. The van der Waals surface area contributed by atoms with E-state index in [1.54, 1.807) is 0 Å². The van der Waals surface area contributed by atoms with E-state index in [9.17, 15) is 4.79 Å². The molecule has 0 saturated heterocycles. The van der Waals surface area contributed by atoms with Crippen LogP contribution in [0.25, 0.3) is 0 Å². The van der Waals surface area contributed by atoms with Gasteiger partial charge in [0.05, 0.1) is 0 Å². The summed E-state index contributed by atoms with van der Waals surface area (Å²) in [5.74, 6) is 0. The quantitative estimate of drug-likeness (QED) is 0.743. The Morgan fingerprint density at radius 2 is 1.79 bits per heavy atom. The Labute approximate surface area is 103 Å². The molecule has 1 unspecified atom stereocenters. The predicted octanol–water partition coefficient (Wildman–Crippen LogP) is 3.40. The van der Waals surface area contributed by atoms with E-state index in [1.165, 1.54) is 4.90 Å². The summed E-state index contributed by atoms with van der Waals surface area (Å²) in [7, 11) is 0. The molecule has 1 atom stereocenters. The fraction of sp³-hybridized carbons (Fsp3) is 0.857. The second-order valence-corrected chi connectivity index (χ2v) is 5.18. The molecule has 0 aliphatic carbocycles. The van der Waals surface area contributed by atoms with Crippen LogP contribution >= 0.6 is 46.4 Å². The van der Waals surface area contributed by atoms with Crippen molar-refractivity contribution in [2.75, 3.05) is 13.1 Å². The first kappa shape index (κ1) is 14.4. The van der Waals surface area contributed by atoms with Crippen LogP contribution in [0.5, 0.6) is 0 Å². The van der Waals surface area contributed by atoms with Crippen molar-refractivity contribution in [1.82, 2.24) is 4.90 Å². The van der Waals surface area contributed by atoms with E-state index in [1.807, 2.05) is 13.8 Å². The van der Waals surface area contributed by atoms with Gasteiger partial charge in [-0.15, -0.1) is 0 Å². The molecular weight excluding hydrogens is 272 g/mol. The molecule has 0 saturated carbocycles. The Kier molecular flexibility index (Phi) is 6.30. The van der Waals surface area contributed by atoms with Crippen molar-refractivity contribution in [3.63, 3.8) is 0 Å². The molecule has 1 amide bonds. The number of ether oxygens (including phenoxy) is 1. The van der Waals surface area contributed by atoms with Crippen molar-refractivity contribution in [2.24, 2.45) is 0 Å². The number of amides is 1. The van der Waals surface area contributed by atoms with Gasteiger partial charge in [-0.25, -0.2) is 4.79 Å². The molecule has 84 valence electrons. The summed E-state index contributed by atoms with van der Waals surface area (Å²) in [5.41, 5.74) is -1.29. The topological polar surface area (TPSA) is 29.5 Å². The van der Waals surface area contributed by atoms with E-state index >= 15 is 0 Å². The van der Waals surface area contributed by atoms with Crippen LogP contribution in [0.3, 0.4) is 0 Å². The molecule has 0 aliphatic heterocycles. The lowest BCUT2D eigenvalue weighted by molar-refractivity contribution is 0.0952. The van der Waals surface area contributed by atoms with Gasteiger partial charge in [0.25, 0.3) is 0 Å². The monoisotopic (exact) mass is 281 g/mol. The molecule has 0 aromatic heterocycles. The average Bonchev–Trinajstić information content (AvgIpc) is 2.04. The van der Waals surface area contributed by atoms with Gasteiger partial charge < -0.3 is 9.64 Å². The Balaban J connectivity index is 4.18. The normalized spacial score (nSPS) is 13.6. The summed E-state index contributed by atoms with van der Waals surface area (Å²) < 4.78 is 2.90. The Hall–Kier alpha value is 0.430. The lowest BCUT2D eigenvalue weighted by Gasteiger charge is -2.23. The van der Waals surface area contributed by atoms with E-state index in [4.69, 9.17) is 51.1 Å². The minimum atomic E-state index is -1.82. The summed E-state index contributed by atoms with van der Waals surface area (Å²) in [5, 5.41) is 0. The average molecular weight is 283 g/mol. The van der Waals surface area contributed by atoms with Crippen molar-refractivity contribution in [2.45, 2.75) is 23.2 Å². The standard InChI is InChI=1S/C7H11Cl4NO2/c1-3-12(4-2)6(13)14-5(8)7(9,10)11/h5H,3-4H2,1-2H3. The molecule has 0 aromatic carbocycles. The maximum Gasteiger partial charge on any atom is 0.411 e. The molecule has 14 heavy (non-hydrogen) atoms. The molecule has 0 radical (unpaired) electrons. The van der Waals surface area contributed by atoms with Crippen LogP contribution in [-0.2, 0) is 4.74 Å². The number of halogens is 4. The van der Waals surface area contributed by atoms with Crippen LogP contribution in [0.2, 0.25) is 0 Å². The van der Waals surface area contributed by atoms with E-state index in [0.29, 0.717) is 13.1 Å². The largest absolute Gasteiger partial charge is 0.425 e. The van der Waals surface area contributed by atoms with Gasteiger partial charge in [0.2, 0.25) is 9.36 Å². The predicted molar refractivity (Wildman–Crippen MR) is 59.3 cm³/mol. The zero-order valence-electron chi connectivity index (χ0n) is 7.77. The van der Waals surface area contributed by atoms with Gasteiger partial charge in [-0.2, -0.15) is 0 Å². The van der Waals surface area contributed by atoms with Gasteiger partial charge in [0.1, 0.15) is 0 Å². The fourth-order valence-electron chi connectivity index (χ4n) is 0.712. The van der Waals surface area contributed by atoms with Crippen molar-refractivity contribution in [1.29, 1.82) is 0 Å². The highest BCUT2D eigenvalue weighted by atomic mass is 35.6. The number of alkyl halides is 4. The zero-order chi connectivity index (χ0) is 11.4. The molecule has 0 aliphatic rings. The van der Waals surface area contributed by atoms with Gasteiger partial charge in [-0.05, 0) is 13.8 Å². The summed E-state index contributed by atoms with van der Waals surface area (Å²) in [6.07, 6.45) is -0.596. The van der Waals surface area contributed by atoms with Crippen molar-refractivity contribution in [3.05, 3.63) is 0 Å². The minimum absolute atomic E-state index is 0.513. The van der Waals surface area contributed by atoms with Crippen LogP contribution in [0, 0.1) is 0 Å². The third kappa shape index (κ3) is 4.78. The van der Waals surface area contributed by atoms with Crippen LogP contribution in [-0.4, -0.2) is 33.4 Å². The SMILES string of the molecule is CCN(CC)C(=O)OC(Cl)C(Cl)(Cl)Cl. The number of carbonyl (C=O) groups excluding carboxylic acids is 1. The van der Waals surface area contributed by atoms with Gasteiger partial charge >= 0.3 is 6.09 Å². The lowest BCUT2D eigenvalue weighted by Crippen LogP contribution is -2.36. The summed E-state index contributed by atoms with van der Waals surface area (Å²) in [6.45, 7) is 4.64. The fourth-order valence-corrected chi connectivity index (χ4v) is 0.922. The van der Waals surface area contributed by atoms with Gasteiger partial charge in [0.15, 0.2) is 0 Å². The smallest absolute Gasteiger partial charge is 0.411 e. The molecule has 0 heterocycles. The number of carbonyl (C=O) groups is 1. The highest BCUT2D eigenvalue weighted by Crippen LogP contribution is 2.34. The molecule has 0 rings (SSSR count). The number of rotatable bonds is 3. The van der Waals surface area contributed by atoms with Crippen molar-refractivity contribution in [3.8, 4) is 0 Å². The van der Waals surface area contributed by atoms with Crippen LogP contribution in [0.4, 0.5) is 4.79 Å². The molecule has 0 spiro atoms. The van der Waals surface area contributed by atoms with Crippen molar-refractivity contribution >= 4 is 52.5 Å². The van der Waals surface area contributed by atoms with Crippen LogP contribution in [0.15, 0.2) is 0 Å². The molecule has 0 N–H and O–H groups in total. The zero-order valence-corrected chi connectivity index (χ0v) is 10.8. The van der Waals surface area contributed by atoms with Gasteiger partial charge in [0, 0.05) is 13.1 Å². The molecule has 0 fully saturated rings. The summed E-state index contributed by atoms with van der Waals surface area (Å²) in [6, 6.07) is 0. The minimum Gasteiger partial charge on any atom is -0.425 e. The molecule has 0 aromatic rings. The molecule has 7 heteroatoms. The van der Waals surface area contributed by atoms with E-state index in [-0.39, 0.29) is 0 Å². The van der Waals surface area contributed by atoms with Gasteiger partial charge in [-0.1, -0.05) is 46.4 Å². The Morgan fingerprint density at radius 3 is 2.07 bits per heavy atom. The first-order valence-corrected chi connectivity index (χ1v) is 5.56. The summed E-state index contributed by atoms with van der Waals surface area (Å²) in [4.78, 5) is 12.7. The van der Waals surface area contributed by atoms with Crippen molar-refractivity contribution < 1.29 is 9.53 Å². The number of hydrogen-bond acceptors (Lipinski definition) is 2. The number of hydrogen-bond donors (Lipinski definition) is 0. The molecular formula is C7H11Cl4NO2. The lowest BCUT2D eigenvalue weighted by atomic mass is 10.5. The third-order valence-electron chi connectivity index (χ3n) is 1.48. The Morgan fingerprint density at radius 1 is 1.36 bits per heavy atom. The van der Waals surface area contributed by atoms with Gasteiger partial charge in [-0.3, -0.25) is 0 Å². The molecule has 0 bridgehead atoms. The highest BCUT2D eigenvalue weighted by Gasteiger charge is 2.35. The molecule has 3 nitrogen and oxygen atoms in total.